The summed E-state index contributed by atoms with van der Waals surface area (Å²) in [6.07, 6.45) is 0. The summed E-state index contributed by atoms with van der Waals surface area (Å²) in [6.45, 7) is 1.87. The van der Waals surface area contributed by atoms with Crippen LogP contribution in [0.5, 0.6) is 0 Å². The molecule has 0 bridgehead atoms. The van der Waals surface area contributed by atoms with E-state index in [4.69, 9.17) is 0 Å². The molecule has 0 saturated heterocycles. The predicted molar refractivity (Wildman–Crippen MR) is 78.1 cm³/mol. The maximum absolute atomic E-state index is 11.8. The zero-order chi connectivity index (χ0) is 15.8. The Hall–Kier alpha value is -2.41. The molecule has 0 radical (unpaired) electrons. The minimum atomic E-state index is -0.469. The molecule has 2 amide bonds. The number of esters is 1. The molecule has 114 valence electrons. The molecular weight excluding hydrogens is 274 g/mol. The van der Waals surface area contributed by atoms with Crippen molar-refractivity contribution in [1.82, 2.24) is 10.6 Å². The predicted octanol–water partition coefficient (Wildman–Crippen LogP) is 0.0557. The van der Waals surface area contributed by atoms with Crippen LogP contribution in [-0.4, -0.2) is 45.0 Å². The highest BCUT2D eigenvalue weighted by Gasteiger charge is 2.10. The molecule has 0 aliphatic heterocycles. The molecule has 0 fully saturated rings. The number of likely N-dealkylation sites (N-methyl/N-ethyl adjacent to an activating group) is 1. The van der Waals surface area contributed by atoms with E-state index in [-0.39, 0.29) is 24.9 Å². The average Bonchev–Trinajstić information content (AvgIpc) is 2.48. The summed E-state index contributed by atoms with van der Waals surface area (Å²) in [5, 5.41) is 7.83. The fourth-order valence-corrected chi connectivity index (χ4v) is 1.57. The Morgan fingerprint density at radius 3 is 2.43 bits per heavy atom. The van der Waals surface area contributed by atoms with Crippen molar-refractivity contribution in [3.8, 4) is 0 Å². The maximum atomic E-state index is 11.8. The number of aryl methyl sites for hydroxylation is 1. The van der Waals surface area contributed by atoms with Crippen LogP contribution in [0.3, 0.4) is 0 Å². The number of benzene rings is 1. The molecule has 0 heterocycles. The lowest BCUT2D eigenvalue weighted by atomic mass is 10.1. The summed E-state index contributed by atoms with van der Waals surface area (Å²) >= 11 is 0. The van der Waals surface area contributed by atoms with Gasteiger partial charge in [-0.05, 0) is 24.6 Å². The number of amides is 2. The van der Waals surface area contributed by atoms with Gasteiger partial charge < -0.3 is 15.4 Å². The van der Waals surface area contributed by atoms with Gasteiger partial charge in [0.15, 0.2) is 0 Å². The molecule has 0 aromatic heterocycles. The van der Waals surface area contributed by atoms with Crippen LogP contribution in [0, 0.1) is 6.92 Å². The van der Waals surface area contributed by atoms with Gasteiger partial charge in [0.25, 0.3) is 0 Å². The highest BCUT2D eigenvalue weighted by molar-refractivity contribution is 5.96. The number of hydrogen-bond acceptors (Lipinski definition) is 5. The first-order valence-corrected chi connectivity index (χ1v) is 6.38. The van der Waals surface area contributed by atoms with E-state index in [2.05, 4.69) is 20.7 Å². The standard InChI is InChI=1S/C14H19N3O4/c1-9-4-5-10(14(20)21-3)6-11(9)17-13(19)8-16-7-12(18)15-2/h4-6,16H,7-8H2,1-3H3,(H,15,18)(H,17,19). The largest absolute Gasteiger partial charge is 0.465 e. The lowest BCUT2D eigenvalue weighted by Gasteiger charge is -2.10. The third-order valence-electron chi connectivity index (χ3n) is 2.78. The van der Waals surface area contributed by atoms with Crippen LogP contribution in [-0.2, 0) is 14.3 Å². The molecular formula is C14H19N3O4. The van der Waals surface area contributed by atoms with E-state index in [9.17, 15) is 14.4 Å². The fraction of sp³-hybridized carbons (Fsp3) is 0.357. The highest BCUT2D eigenvalue weighted by atomic mass is 16.5. The highest BCUT2D eigenvalue weighted by Crippen LogP contribution is 2.17. The van der Waals surface area contributed by atoms with Crippen LogP contribution in [0.4, 0.5) is 5.69 Å². The SMILES string of the molecule is CNC(=O)CNCC(=O)Nc1cc(C(=O)OC)ccc1C. The van der Waals surface area contributed by atoms with Gasteiger partial charge in [-0.3, -0.25) is 14.9 Å². The number of carbonyl (C=O) groups is 3. The van der Waals surface area contributed by atoms with Crippen LogP contribution in [0.25, 0.3) is 0 Å². The number of rotatable bonds is 6. The van der Waals surface area contributed by atoms with Crippen LogP contribution in [0.1, 0.15) is 15.9 Å². The normalized spacial score (nSPS) is 9.86. The first-order valence-electron chi connectivity index (χ1n) is 6.38. The Labute approximate surface area is 123 Å². The number of nitrogens with one attached hydrogen (secondary N) is 3. The summed E-state index contributed by atoms with van der Waals surface area (Å²) in [6, 6.07) is 4.90. The molecule has 7 nitrogen and oxygen atoms in total. The van der Waals surface area contributed by atoms with E-state index >= 15 is 0 Å². The fourth-order valence-electron chi connectivity index (χ4n) is 1.57. The average molecular weight is 293 g/mol. The Balaban J connectivity index is 2.63. The van der Waals surface area contributed by atoms with E-state index in [0.717, 1.165) is 5.56 Å². The Morgan fingerprint density at radius 1 is 1.14 bits per heavy atom. The van der Waals surface area contributed by atoms with Gasteiger partial charge in [0.05, 0.1) is 25.8 Å². The van der Waals surface area contributed by atoms with E-state index in [1.807, 2.05) is 6.92 Å². The van der Waals surface area contributed by atoms with Gasteiger partial charge in [-0.2, -0.15) is 0 Å². The van der Waals surface area contributed by atoms with Crippen molar-refractivity contribution in [2.45, 2.75) is 6.92 Å². The summed E-state index contributed by atoms with van der Waals surface area (Å²) < 4.78 is 4.63. The Morgan fingerprint density at radius 2 is 1.81 bits per heavy atom. The maximum Gasteiger partial charge on any atom is 0.337 e. The van der Waals surface area contributed by atoms with Gasteiger partial charge in [-0.1, -0.05) is 6.07 Å². The van der Waals surface area contributed by atoms with Gasteiger partial charge in [-0.15, -0.1) is 0 Å². The molecule has 0 atom stereocenters. The van der Waals surface area contributed by atoms with Crippen molar-refractivity contribution in [2.24, 2.45) is 0 Å². The smallest absolute Gasteiger partial charge is 0.337 e. The van der Waals surface area contributed by atoms with Crippen molar-refractivity contribution >= 4 is 23.5 Å². The van der Waals surface area contributed by atoms with Gasteiger partial charge >= 0.3 is 5.97 Å². The van der Waals surface area contributed by atoms with Gasteiger partial charge in [0.2, 0.25) is 11.8 Å². The number of carbonyl (C=O) groups excluding carboxylic acids is 3. The molecule has 0 spiro atoms. The molecule has 3 N–H and O–H groups in total. The summed E-state index contributed by atoms with van der Waals surface area (Å²) in [5.74, 6) is -0.973. The van der Waals surface area contributed by atoms with E-state index in [0.29, 0.717) is 11.3 Å². The van der Waals surface area contributed by atoms with Crippen molar-refractivity contribution in [1.29, 1.82) is 0 Å². The van der Waals surface area contributed by atoms with Crippen molar-refractivity contribution < 1.29 is 19.1 Å². The van der Waals surface area contributed by atoms with Gasteiger partial charge in [0.1, 0.15) is 0 Å². The molecule has 7 heteroatoms. The van der Waals surface area contributed by atoms with Crippen molar-refractivity contribution in [3.63, 3.8) is 0 Å². The number of hydrogen-bond donors (Lipinski definition) is 3. The zero-order valence-corrected chi connectivity index (χ0v) is 12.3. The molecule has 1 aromatic carbocycles. The molecule has 1 rings (SSSR count). The Kier molecular flexibility index (Phi) is 6.35. The first kappa shape index (κ1) is 16.6. The lowest BCUT2D eigenvalue weighted by Crippen LogP contribution is -2.36. The second-order valence-electron chi connectivity index (χ2n) is 4.35. The molecule has 0 aliphatic rings. The topological polar surface area (TPSA) is 96.5 Å². The monoisotopic (exact) mass is 293 g/mol. The summed E-state index contributed by atoms with van der Waals surface area (Å²) in [4.78, 5) is 34.2. The number of ether oxygens (including phenoxy) is 1. The minimum absolute atomic E-state index is 0.00465. The molecule has 0 saturated carbocycles. The van der Waals surface area contributed by atoms with Gasteiger partial charge in [0, 0.05) is 12.7 Å². The molecule has 21 heavy (non-hydrogen) atoms. The molecule has 1 aromatic rings. The van der Waals surface area contributed by atoms with Crippen LogP contribution in [0.15, 0.2) is 18.2 Å². The second-order valence-corrected chi connectivity index (χ2v) is 4.35. The summed E-state index contributed by atoms with van der Waals surface area (Å²) in [5.41, 5.74) is 1.71. The molecule has 0 unspecified atom stereocenters. The third kappa shape index (κ3) is 5.23. The van der Waals surface area contributed by atoms with E-state index in [1.54, 1.807) is 18.2 Å². The summed E-state index contributed by atoms with van der Waals surface area (Å²) in [7, 11) is 2.81. The quantitative estimate of drug-likeness (QED) is 0.644. The van der Waals surface area contributed by atoms with Crippen molar-refractivity contribution in [3.05, 3.63) is 29.3 Å². The zero-order valence-electron chi connectivity index (χ0n) is 12.3. The number of anilines is 1. The van der Waals surface area contributed by atoms with E-state index in [1.165, 1.54) is 14.2 Å². The first-order chi connectivity index (χ1) is 9.97. The third-order valence-corrected chi connectivity index (χ3v) is 2.78. The number of methoxy groups -OCH3 is 1. The van der Waals surface area contributed by atoms with E-state index < -0.39 is 5.97 Å². The second kappa shape index (κ2) is 8.01. The van der Waals surface area contributed by atoms with Crippen LogP contribution >= 0.6 is 0 Å². The lowest BCUT2D eigenvalue weighted by molar-refractivity contribution is -0.120. The van der Waals surface area contributed by atoms with Crippen molar-refractivity contribution in [2.75, 3.05) is 32.6 Å². The molecule has 0 aliphatic carbocycles. The van der Waals surface area contributed by atoms with Gasteiger partial charge in [-0.25, -0.2) is 4.79 Å². The minimum Gasteiger partial charge on any atom is -0.465 e. The van der Waals surface area contributed by atoms with Crippen LogP contribution < -0.4 is 16.0 Å². The van der Waals surface area contributed by atoms with Crippen LogP contribution in [0.2, 0.25) is 0 Å². The Bertz CT molecular complexity index is 543.